The number of carbonyl (C=O) groups is 1. The summed E-state index contributed by atoms with van der Waals surface area (Å²) in [6.45, 7) is 3.40. The molecule has 3 saturated heterocycles. The number of thiazole rings is 1. The highest BCUT2D eigenvalue weighted by molar-refractivity contribution is 7.17. The minimum Gasteiger partial charge on any atom is -0.348 e. The summed E-state index contributed by atoms with van der Waals surface area (Å²) in [7, 11) is 0. The van der Waals surface area contributed by atoms with Crippen molar-refractivity contribution in [3.05, 3.63) is 29.3 Å². The van der Waals surface area contributed by atoms with Crippen molar-refractivity contribution in [2.45, 2.75) is 18.9 Å². The fraction of sp³-hybridized carbons (Fsp3) is 0.467. The summed E-state index contributed by atoms with van der Waals surface area (Å²) in [5.74, 6) is 0.711. The van der Waals surface area contributed by atoms with Gasteiger partial charge in [0.05, 0.1) is 21.3 Å². The molecule has 1 amide bonds. The molecule has 21 heavy (non-hydrogen) atoms. The van der Waals surface area contributed by atoms with Gasteiger partial charge >= 0.3 is 0 Å². The van der Waals surface area contributed by atoms with Gasteiger partial charge in [0.1, 0.15) is 0 Å². The van der Waals surface area contributed by atoms with Crippen LogP contribution in [-0.2, 0) is 0 Å². The second-order valence-corrected chi connectivity index (χ2v) is 6.58. The van der Waals surface area contributed by atoms with Gasteiger partial charge < -0.3 is 10.2 Å². The molecule has 1 aromatic heterocycles. The highest BCUT2D eigenvalue weighted by Crippen LogP contribution is 2.28. The lowest BCUT2D eigenvalue weighted by atomic mass is 9.84. The molecule has 2 bridgehead atoms. The Kier molecular flexibility index (Phi) is 4.15. The van der Waals surface area contributed by atoms with Crippen LogP contribution in [0.15, 0.2) is 23.7 Å². The van der Waals surface area contributed by atoms with E-state index in [2.05, 4.69) is 15.2 Å². The van der Waals surface area contributed by atoms with Crippen molar-refractivity contribution in [3.63, 3.8) is 0 Å². The number of carbonyl (C=O) groups excluding carboxylic acids is 1. The maximum absolute atomic E-state index is 12.6. The van der Waals surface area contributed by atoms with Crippen LogP contribution in [0.4, 0.5) is 0 Å². The molecule has 0 saturated carbocycles. The van der Waals surface area contributed by atoms with Crippen molar-refractivity contribution >= 4 is 39.9 Å². The Morgan fingerprint density at radius 2 is 2.14 bits per heavy atom. The van der Waals surface area contributed by atoms with Gasteiger partial charge in [-0.2, -0.15) is 0 Å². The molecule has 4 nitrogen and oxygen atoms in total. The fourth-order valence-electron chi connectivity index (χ4n) is 3.44. The Labute approximate surface area is 134 Å². The minimum absolute atomic E-state index is 0. The highest BCUT2D eigenvalue weighted by atomic mass is 35.5. The Balaban J connectivity index is 0.00000132. The zero-order chi connectivity index (χ0) is 13.5. The molecular formula is C15H18ClN3OS. The molecule has 1 aromatic carbocycles. The molecule has 0 radical (unpaired) electrons. The van der Waals surface area contributed by atoms with Crippen LogP contribution < -0.4 is 5.32 Å². The van der Waals surface area contributed by atoms with Crippen LogP contribution in [0, 0.1) is 5.92 Å². The first-order chi connectivity index (χ1) is 9.81. The summed E-state index contributed by atoms with van der Waals surface area (Å²) in [5, 5.41) is 3.25. The monoisotopic (exact) mass is 323 g/mol. The van der Waals surface area contributed by atoms with Crippen molar-refractivity contribution < 1.29 is 4.79 Å². The van der Waals surface area contributed by atoms with Crippen LogP contribution in [0.25, 0.3) is 10.2 Å². The largest absolute Gasteiger partial charge is 0.348 e. The van der Waals surface area contributed by atoms with Gasteiger partial charge in [-0.05, 0) is 44.0 Å². The Morgan fingerprint density at radius 3 is 2.86 bits per heavy atom. The smallest absolute Gasteiger partial charge is 0.253 e. The zero-order valence-electron chi connectivity index (χ0n) is 11.6. The fourth-order valence-corrected chi connectivity index (χ4v) is 4.24. The highest BCUT2D eigenvalue weighted by Gasteiger charge is 2.35. The molecule has 1 atom stereocenters. The maximum atomic E-state index is 12.6. The first kappa shape index (κ1) is 14.8. The van der Waals surface area contributed by atoms with Gasteiger partial charge in [0.25, 0.3) is 5.91 Å². The second-order valence-electron chi connectivity index (χ2n) is 5.72. The molecule has 0 aliphatic carbocycles. The predicted molar refractivity (Wildman–Crippen MR) is 87.3 cm³/mol. The predicted octanol–water partition coefficient (Wildman–Crippen LogP) is 2.54. The number of nitrogens with one attached hydrogen (secondary N) is 1. The minimum atomic E-state index is 0. The van der Waals surface area contributed by atoms with Crippen molar-refractivity contribution in [2.75, 3.05) is 19.6 Å². The molecular weight excluding hydrogens is 306 g/mol. The Morgan fingerprint density at radius 1 is 1.33 bits per heavy atom. The van der Waals surface area contributed by atoms with Gasteiger partial charge in [0.2, 0.25) is 0 Å². The van der Waals surface area contributed by atoms with Gasteiger partial charge in [0, 0.05) is 12.6 Å². The molecule has 1 N–H and O–H groups in total. The Bertz CT molecular complexity index is 651. The first-order valence-electron chi connectivity index (χ1n) is 7.17. The quantitative estimate of drug-likeness (QED) is 0.923. The van der Waals surface area contributed by atoms with Gasteiger partial charge in [-0.15, -0.1) is 23.7 Å². The molecule has 4 heterocycles. The van der Waals surface area contributed by atoms with E-state index in [4.69, 9.17) is 0 Å². The lowest BCUT2D eigenvalue weighted by Crippen LogP contribution is -2.57. The number of benzene rings is 1. The van der Waals surface area contributed by atoms with Crippen LogP contribution >= 0.6 is 23.7 Å². The summed E-state index contributed by atoms with van der Waals surface area (Å²) in [6.07, 6.45) is 2.44. The summed E-state index contributed by atoms with van der Waals surface area (Å²) in [5.41, 5.74) is 3.48. The van der Waals surface area contributed by atoms with Crippen molar-refractivity contribution in [2.24, 2.45) is 5.92 Å². The number of hydrogen-bond acceptors (Lipinski definition) is 4. The van der Waals surface area contributed by atoms with E-state index in [0.717, 1.165) is 22.3 Å². The van der Waals surface area contributed by atoms with Gasteiger partial charge in [-0.1, -0.05) is 6.07 Å². The number of aromatic nitrogens is 1. The van der Waals surface area contributed by atoms with E-state index < -0.39 is 0 Å². The van der Waals surface area contributed by atoms with Crippen LogP contribution in [0.3, 0.4) is 0 Å². The van der Waals surface area contributed by atoms with E-state index in [1.54, 1.807) is 5.51 Å². The number of hydrogen-bond donors (Lipinski definition) is 1. The maximum Gasteiger partial charge on any atom is 0.253 e. The molecule has 0 unspecified atom stereocenters. The number of rotatable bonds is 2. The molecule has 5 rings (SSSR count). The van der Waals surface area contributed by atoms with Crippen LogP contribution in [0.1, 0.15) is 23.2 Å². The van der Waals surface area contributed by atoms with Crippen LogP contribution in [0.2, 0.25) is 0 Å². The molecule has 0 spiro atoms. The molecule has 3 aliphatic heterocycles. The number of fused-ring (bicyclic) bond motifs is 4. The number of nitrogens with zero attached hydrogens (tertiary/aromatic N) is 2. The van der Waals surface area contributed by atoms with E-state index in [1.165, 1.54) is 37.3 Å². The van der Waals surface area contributed by atoms with E-state index >= 15 is 0 Å². The number of halogens is 1. The van der Waals surface area contributed by atoms with Crippen molar-refractivity contribution in [1.82, 2.24) is 15.2 Å². The molecule has 112 valence electrons. The normalized spacial score (nSPS) is 27.3. The summed E-state index contributed by atoms with van der Waals surface area (Å²) < 4.78 is 0.992. The third-order valence-corrected chi connectivity index (χ3v) is 5.45. The number of amides is 1. The summed E-state index contributed by atoms with van der Waals surface area (Å²) >= 11 is 1.54. The van der Waals surface area contributed by atoms with E-state index in [9.17, 15) is 4.79 Å². The van der Waals surface area contributed by atoms with Gasteiger partial charge in [-0.25, -0.2) is 4.98 Å². The van der Waals surface area contributed by atoms with E-state index in [0.29, 0.717) is 12.0 Å². The SMILES string of the molecule is Cl.O=C(N[C@H]1CN2CCC1CC2)c1cccc2ncsc12. The summed E-state index contributed by atoms with van der Waals surface area (Å²) in [4.78, 5) is 19.3. The third kappa shape index (κ3) is 2.65. The third-order valence-electron chi connectivity index (χ3n) is 4.57. The zero-order valence-corrected chi connectivity index (χ0v) is 13.3. The molecule has 3 aliphatic rings. The van der Waals surface area contributed by atoms with E-state index in [-0.39, 0.29) is 18.3 Å². The van der Waals surface area contributed by atoms with Gasteiger partial charge in [-0.3, -0.25) is 4.79 Å². The summed E-state index contributed by atoms with van der Waals surface area (Å²) in [6, 6.07) is 6.08. The van der Waals surface area contributed by atoms with Crippen molar-refractivity contribution in [3.8, 4) is 0 Å². The topological polar surface area (TPSA) is 45.2 Å². The second kappa shape index (κ2) is 5.91. The van der Waals surface area contributed by atoms with Crippen molar-refractivity contribution in [1.29, 1.82) is 0 Å². The number of piperidine rings is 3. The average Bonchev–Trinajstić information content (AvgIpc) is 2.96. The molecule has 3 fully saturated rings. The van der Waals surface area contributed by atoms with E-state index in [1.807, 2.05) is 18.2 Å². The lowest BCUT2D eigenvalue weighted by molar-refractivity contribution is 0.0621. The Hall–Kier alpha value is -1.17. The van der Waals surface area contributed by atoms with Gasteiger partial charge in [0.15, 0.2) is 0 Å². The first-order valence-corrected chi connectivity index (χ1v) is 8.04. The van der Waals surface area contributed by atoms with Crippen LogP contribution in [-0.4, -0.2) is 41.5 Å². The molecule has 6 heteroatoms. The van der Waals surface area contributed by atoms with Crippen LogP contribution in [0.5, 0.6) is 0 Å². The standard InChI is InChI=1S/C15H17N3OS.ClH/c19-15(11-2-1-3-12-14(11)20-9-16-12)17-13-8-18-6-4-10(13)5-7-18;/h1-3,9-10,13H,4-8H2,(H,17,19);1H/t13-;/m0./s1. The average molecular weight is 324 g/mol. The lowest BCUT2D eigenvalue weighted by Gasteiger charge is -2.44. The molecule has 2 aromatic rings.